The van der Waals surface area contributed by atoms with Crippen LogP contribution in [-0.4, -0.2) is 55.3 Å². The van der Waals surface area contributed by atoms with Gasteiger partial charge in [0.05, 0.1) is 23.2 Å². The largest absolute Gasteiger partial charge is 0.392 e. The van der Waals surface area contributed by atoms with E-state index in [0.29, 0.717) is 23.4 Å². The zero-order valence-electron chi connectivity index (χ0n) is 23.3. The Morgan fingerprint density at radius 3 is 2.44 bits per heavy atom. The third kappa shape index (κ3) is 7.96. The number of hydrogen-bond donors (Lipinski definition) is 4. The van der Waals surface area contributed by atoms with Crippen LogP contribution in [0.25, 0.3) is 11.1 Å². The zero-order chi connectivity index (χ0) is 29.8. The third-order valence-electron chi connectivity index (χ3n) is 6.74. The van der Waals surface area contributed by atoms with Crippen LogP contribution in [0.1, 0.15) is 32.8 Å². The van der Waals surface area contributed by atoms with Crippen molar-refractivity contribution in [1.29, 1.82) is 0 Å². The predicted octanol–water partition coefficient (Wildman–Crippen LogP) is 3.26. The number of benzene rings is 3. The number of carbonyl (C=O) groups excluding carboxylic acids is 2. The number of aliphatic hydroxyl groups is 1. The van der Waals surface area contributed by atoms with E-state index in [9.17, 15) is 23.1 Å². The number of anilines is 1. The van der Waals surface area contributed by atoms with Gasteiger partial charge in [-0.3, -0.25) is 9.59 Å². The first-order chi connectivity index (χ1) is 19.3. The molecule has 0 radical (unpaired) electrons. The van der Waals surface area contributed by atoms with Crippen molar-refractivity contribution < 1.29 is 23.1 Å². The number of carbonyl (C=O) groups is 2. The van der Waals surface area contributed by atoms with Crippen molar-refractivity contribution in [2.75, 3.05) is 17.2 Å². The molecule has 11 heteroatoms. The number of rotatable bonds is 10. The average molecular weight is 597 g/mol. The fourth-order valence-corrected chi connectivity index (χ4v) is 6.51. The maximum absolute atomic E-state index is 13.8. The second kappa shape index (κ2) is 12.7. The van der Waals surface area contributed by atoms with Crippen LogP contribution in [0.15, 0.2) is 82.6 Å². The number of nitrogens with one attached hydrogen (secondary N) is 2. The molecule has 218 valence electrons. The maximum Gasteiger partial charge on any atom is 0.250 e. The Labute approximate surface area is 245 Å². The quantitative estimate of drug-likeness (QED) is 0.282. The van der Waals surface area contributed by atoms with Gasteiger partial charge in [0.15, 0.2) is 0 Å². The van der Waals surface area contributed by atoms with Gasteiger partial charge in [-0.1, -0.05) is 54.6 Å². The summed E-state index contributed by atoms with van der Waals surface area (Å²) in [6.45, 7) is 6.06. The average Bonchev–Trinajstić information content (AvgIpc) is 3.04. The lowest BCUT2D eigenvalue weighted by atomic mass is 9.99. The summed E-state index contributed by atoms with van der Waals surface area (Å²) in [6.07, 6.45) is -0.399. The van der Waals surface area contributed by atoms with Crippen molar-refractivity contribution >= 4 is 39.3 Å². The standard InChI is InChI=1S/C30H36N4O5S2/c1-20(35)17-32-30(2,3)16-28(36)33-24-19-40-26-10-6-5-9-25(26)34(29(24)37)18-21-12-14-22(15-13-21)23-8-4-7-11-27(23)41(31,38)39/h4-15,20,24,32,35H,16-19H2,1-3H3,(H,33,36)(H2,31,38,39)/t20-,24-/m1/s1. The number of amides is 2. The Morgan fingerprint density at radius 2 is 1.76 bits per heavy atom. The monoisotopic (exact) mass is 596 g/mol. The summed E-state index contributed by atoms with van der Waals surface area (Å²) in [5.41, 5.74) is 2.23. The van der Waals surface area contributed by atoms with Gasteiger partial charge in [0, 0.05) is 34.7 Å². The summed E-state index contributed by atoms with van der Waals surface area (Å²) in [4.78, 5) is 29.5. The molecular weight excluding hydrogens is 560 g/mol. The number of hydrogen-bond acceptors (Lipinski definition) is 7. The first-order valence-electron chi connectivity index (χ1n) is 13.3. The van der Waals surface area contributed by atoms with Crippen LogP contribution in [0.5, 0.6) is 0 Å². The van der Waals surface area contributed by atoms with E-state index in [1.807, 2.05) is 62.4 Å². The highest BCUT2D eigenvalue weighted by atomic mass is 32.2. The molecule has 0 bridgehead atoms. The first kappa shape index (κ1) is 30.7. The van der Waals surface area contributed by atoms with Crippen molar-refractivity contribution in [1.82, 2.24) is 10.6 Å². The van der Waals surface area contributed by atoms with Gasteiger partial charge >= 0.3 is 0 Å². The molecule has 3 aromatic carbocycles. The number of nitrogens with two attached hydrogens (primary N) is 1. The first-order valence-corrected chi connectivity index (χ1v) is 15.8. The highest BCUT2D eigenvalue weighted by molar-refractivity contribution is 7.99. The molecule has 1 aliphatic heterocycles. The van der Waals surface area contributed by atoms with Gasteiger partial charge < -0.3 is 20.6 Å². The molecule has 3 aromatic rings. The smallest absolute Gasteiger partial charge is 0.250 e. The second-order valence-electron chi connectivity index (χ2n) is 10.9. The van der Waals surface area contributed by atoms with Gasteiger partial charge in [-0.25, -0.2) is 13.6 Å². The van der Waals surface area contributed by atoms with Crippen LogP contribution in [-0.2, 0) is 26.2 Å². The maximum atomic E-state index is 13.8. The number of para-hydroxylation sites is 1. The van der Waals surface area contributed by atoms with E-state index in [0.717, 1.165) is 16.1 Å². The predicted molar refractivity (Wildman–Crippen MR) is 162 cm³/mol. The molecule has 0 aliphatic carbocycles. The number of primary sulfonamides is 1. The number of sulfonamides is 1. The number of aliphatic hydroxyl groups excluding tert-OH is 1. The lowest BCUT2D eigenvalue weighted by Gasteiger charge is -2.29. The van der Waals surface area contributed by atoms with E-state index in [-0.39, 0.29) is 29.7 Å². The minimum absolute atomic E-state index is 0.0456. The van der Waals surface area contributed by atoms with E-state index in [1.54, 1.807) is 30.0 Å². The molecule has 4 rings (SSSR count). The third-order valence-corrected chi connectivity index (χ3v) is 8.86. The second-order valence-corrected chi connectivity index (χ2v) is 13.4. The highest BCUT2D eigenvalue weighted by Crippen LogP contribution is 2.35. The molecule has 41 heavy (non-hydrogen) atoms. The molecule has 9 nitrogen and oxygen atoms in total. The Kier molecular flexibility index (Phi) is 9.55. The number of thioether (sulfide) groups is 1. The fourth-order valence-electron chi connectivity index (χ4n) is 4.68. The van der Waals surface area contributed by atoms with Crippen LogP contribution in [0.2, 0.25) is 0 Å². The summed E-state index contributed by atoms with van der Waals surface area (Å²) < 4.78 is 24.1. The molecule has 0 saturated heterocycles. The van der Waals surface area contributed by atoms with Crippen molar-refractivity contribution in [3.63, 3.8) is 0 Å². The molecule has 0 aromatic heterocycles. The van der Waals surface area contributed by atoms with Crippen molar-refractivity contribution in [3.05, 3.63) is 78.4 Å². The number of nitrogens with zero attached hydrogens (tertiary/aromatic N) is 1. The molecular formula is C30H36N4O5S2. The summed E-state index contributed by atoms with van der Waals surface area (Å²) in [7, 11) is -3.90. The summed E-state index contributed by atoms with van der Waals surface area (Å²) in [5.74, 6) is -0.0758. The Hall–Kier alpha value is -3.22. The van der Waals surface area contributed by atoms with Gasteiger partial charge in [0.1, 0.15) is 6.04 Å². The van der Waals surface area contributed by atoms with Crippen LogP contribution in [0.3, 0.4) is 0 Å². The molecule has 5 N–H and O–H groups in total. The lowest BCUT2D eigenvalue weighted by molar-refractivity contribution is -0.127. The molecule has 0 fully saturated rings. The van der Waals surface area contributed by atoms with E-state index in [2.05, 4.69) is 10.6 Å². The van der Waals surface area contributed by atoms with Gasteiger partial charge in [-0.05, 0) is 50.1 Å². The fraction of sp³-hybridized carbons (Fsp3) is 0.333. The van der Waals surface area contributed by atoms with Gasteiger partial charge in [-0.2, -0.15) is 0 Å². The topological polar surface area (TPSA) is 142 Å². The lowest BCUT2D eigenvalue weighted by Crippen LogP contribution is -2.52. The molecule has 0 unspecified atom stereocenters. The molecule has 0 spiro atoms. The van der Waals surface area contributed by atoms with Crippen molar-refractivity contribution in [2.45, 2.75) is 61.2 Å². The van der Waals surface area contributed by atoms with Crippen LogP contribution < -0.4 is 20.7 Å². The number of fused-ring (bicyclic) bond motifs is 1. The van der Waals surface area contributed by atoms with Crippen LogP contribution >= 0.6 is 11.8 Å². The Morgan fingerprint density at radius 1 is 1.10 bits per heavy atom. The highest BCUT2D eigenvalue weighted by Gasteiger charge is 2.33. The van der Waals surface area contributed by atoms with E-state index < -0.39 is 27.7 Å². The SMILES string of the molecule is C[C@@H](O)CNC(C)(C)CC(=O)N[C@@H]1CSc2ccccc2N(Cc2ccc(-c3ccccc3S(N)(=O)=O)cc2)C1=O. The van der Waals surface area contributed by atoms with Crippen LogP contribution in [0.4, 0.5) is 5.69 Å². The minimum atomic E-state index is -3.90. The summed E-state index contributed by atoms with van der Waals surface area (Å²) >= 11 is 1.52. The van der Waals surface area contributed by atoms with Gasteiger partial charge in [0.25, 0.3) is 5.91 Å². The van der Waals surface area contributed by atoms with Crippen molar-refractivity contribution in [2.24, 2.45) is 5.14 Å². The molecule has 1 heterocycles. The van der Waals surface area contributed by atoms with E-state index in [4.69, 9.17) is 5.14 Å². The number of β-amino-alcohol motifs (C(OH)–C–C–N with tert-alkyl or cyclic N) is 1. The zero-order valence-corrected chi connectivity index (χ0v) is 25.0. The summed E-state index contributed by atoms with van der Waals surface area (Å²) in [5, 5.41) is 21.1. The Balaban J connectivity index is 1.55. The van der Waals surface area contributed by atoms with Gasteiger partial charge in [-0.15, -0.1) is 11.8 Å². The van der Waals surface area contributed by atoms with Crippen LogP contribution in [0, 0.1) is 0 Å². The molecule has 1 aliphatic rings. The molecule has 0 saturated carbocycles. The Bertz CT molecular complexity index is 1510. The minimum Gasteiger partial charge on any atom is -0.392 e. The van der Waals surface area contributed by atoms with E-state index in [1.165, 1.54) is 17.8 Å². The van der Waals surface area contributed by atoms with E-state index >= 15 is 0 Å². The molecule has 2 atom stereocenters. The summed E-state index contributed by atoms with van der Waals surface area (Å²) in [6, 6.07) is 20.8. The normalized spacial score (nSPS) is 16.6. The van der Waals surface area contributed by atoms with Crippen molar-refractivity contribution in [3.8, 4) is 11.1 Å². The van der Waals surface area contributed by atoms with Gasteiger partial charge in [0.2, 0.25) is 15.9 Å². The molecule has 2 amide bonds.